The molecule has 2 aliphatic heterocycles. The summed E-state index contributed by atoms with van der Waals surface area (Å²) >= 11 is 0. The average molecular weight is 675 g/mol. The first-order chi connectivity index (χ1) is 23.8. The molecule has 4 fully saturated rings. The Morgan fingerprint density at radius 1 is 0.700 bits per heavy atom. The fraction of sp³-hybridized carbons (Fsp3) is 0.474. The van der Waals surface area contributed by atoms with Gasteiger partial charge >= 0.3 is 12.2 Å². The number of nitrogens with one attached hydrogen (secondary N) is 2. The number of imidazole rings is 2. The van der Waals surface area contributed by atoms with E-state index in [9.17, 15) is 9.59 Å². The van der Waals surface area contributed by atoms with Crippen LogP contribution in [0.3, 0.4) is 0 Å². The van der Waals surface area contributed by atoms with Crippen molar-refractivity contribution in [3.05, 3.63) is 60.4 Å². The number of carbonyl (C=O) groups is 2. The maximum Gasteiger partial charge on any atom is 0.411 e. The Kier molecular flexibility index (Phi) is 6.67. The minimum absolute atomic E-state index is 0.118. The number of aromatic amines is 2. The lowest BCUT2D eigenvalue weighted by Crippen LogP contribution is -2.38. The molecule has 2 saturated heterocycles. The molecule has 9 rings (SSSR count). The number of carbonyl (C=O) groups excluding carboxylic acids is 2. The highest BCUT2D eigenvalue weighted by molar-refractivity contribution is 5.87. The Bertz CT molecular complexity index is 2180. The normalized spacial score (nSPS) is 25.6. The van der Waals surface area contributed by atoms with Gasteiger partial charge in [0.1, 0.15) is 34.2 Å². The molecular weight excluding hydrogens is 632 g/mol. The molecule has 6 atom stereocenters. The lowest BCUT2D eigenvalue weighted by molar-refractivity contribution is 0.0164. The largest absolute Gasteiger partial charge is 0.444 e. The summed E-state index contributed by atoms with van der Waals surface area (Å²) in [5.74, 6) is 2.56. The Labute approximate surface area is 290 Å². The molecule has 3 aromatic heterocycles. The highest BCUT2D eigenvalue weighted by atomic mass is 16.6. The third kappa shape index (κ3) is 5.54. The molecule has 12 nitrogen and oxygen atoms in total. The summed E-state index contributed by atoms with van der Waals surface area (Å²) in [6, 6.07) is 12.4. The van der Waals surface area contributed by atoms with E-state index in [4.69, 9.17) is 29.4 Å². The molecule has 2 saturated carbocycles. The van der Waals surface area contributed by atoms with Crippen LogP contribution in [0.1, 0.15) is 91.0 Å². The van der Waals surface area contributed by atoms with Crippen LogP contribution in [0.5, 0.6) is 0 Å². The number of benzene rings is 2. The molecule has 258 valence electrons. The van der Waals surface area contributed by atoms with Crippen molar-refractivity contribution >= 4 is 34.3 Å². The van der Waals surface area contributed by atoms with E-state index in [0.29, 0.717) is 23.2 Å². The van der Waals surface area contributed by atoms with Crippen LogP contribution in [0.25, 0.3) is 44.6 Å². The molecule has 2 aromatic carbocycles. The number of amides is 2. The third-order valence-electron chi connectivity index (χ3n) is 10.3. The van der Waals surface area contributed by atoms with Crippen molar-refractivity contribution in [2.24, 2.45) is 11.8 Å². The summed E-state index contributed by atoms with van der Waals surface area (Å²) in [6.07, 6.45) is 6.86. The molecule has 12 heteroatoms. The Hall–Kier alpha value is -5.00. The van der Waals surface area contributed by atoms with Crippen molar-refractivity contribution in [2.75, 3.05) is 0 Å². The van der Waals surface area contributed by atoms with Gasteiger partial charge in [0, 0.05) is 18.3 Å². The van der Waals surface area contributed by atoms with Crippen LogP contribution in [-0.4, -0.2) is 75.2 Å². The van der Waals surface area contributed by atoms with Crippen molar-refractivity contribution in [3.8, 4) is 22.5 Å². The number of aromatic nitrogens is 6. The lowest BCUT2D eigenvalue weighted by atomic mass is 10.0. The van der Waals surface area contributed by atoms with Gasteiger partial charge in [0.15, 0.2) is 0 Å². The molecule has 2 N–H and O–H groups in total. The summed E-state index contributed by atoms with van der Waals surface area (Å²) in [5, 5.41) is 0. The van der Waals surface area contributed by atoms with Crippen LogP contribution in [-0.2, 0) is 9.47 Å². The molecular formula is C38H42N8O4. The first kappa shape index (κ1) is 31.0. The van der Waals surface area contributed by atoms with Gasteiger partial charge in [-0.25, -0.2) is 24.5 Å². The smallest absolute Gasteiger partial charge is 0.411 e. The standard InChI is InChI=1S/C38H42N8O4/c1-37(2,3)49-35(47)45-29-13-21(29)15-31(45)33-40-18-28(44-33)27-17-39-25-11-19(7-9-23(25)41-27)20-8-10-24-26(12-20)43-34(42-24)32-16-22-14-30(22)46(32)36(48)50-38(4,5)6/h7-12,17-18,21-22,29-32H,13-16H2,1-6H3,(H,40,44)(H,42,43)/t21-,22-,29-,30-,31+,32+/m1/s1. The first-order valence-corrected chi connectivity index (χ1v) is 17.6. The van der Waals surface area contributed by atoms with Gasteiger partial charge in [-0.2, -0.15) is 0 Å². The van der Waals surface area contributed by atoms with E-state index in [1.165, 1.54) is 0 Å². The van der Waals surface area contributed by atoms with E-state index >= 15 is 0 Å². The topological polar surface area (TPSA) is 142 Å². The zero-order valence-electron chi connectivity index (χ0n) is 29.2. The number of ether oxygens (including phenoxy) is 2. The van der Waals surface area contributed by atoms with Crippen LogP contribution < -0.4 is 0 Å². The number of hydrogen-bond acceptors (Lipinski definition) is 8. The number of likely N-dealkylation sites (tertiary alicyclic amines) is 2. The summed E-state index contributed by atoms with van der Waals surface area (Å²) in [7, 11) is 0. The van der Waals surface area contributed by atoms with Crippen LogP contribution in [0.4, 0.5) is 9.59 Å². The van der Waals surface area contributed by atoms with Gasteiger partial charge in [-0.15, -0.1) is 0 Å². The predicted molar refractivity (Wildman–Crippen MR) is 187 cm³/mol. The summed E-state index contributed by atoms with van der Waals surface area (Å²) < 4.78 is 11.5. The quantitative estimate of drug-likeness (QED) is 0.198. The minimum Gasteiger partial charge on any atom is -0.444 e. The average Bonchev–Trinajstić information content (AvgIpc) is 3.67. The predicted octanol–water partition coefficient (Wildman–Crippen LogP) is 7.70. The highest BCUT2D eigenvalue weighted by Gasteiger charge is 2.57. The van der Waals surface area contributed by atoms with Crippen molar-refractivity contribution in [1.29, 1.82) is 0 Å². The van der Waals surface area contributed by atoms with Gasteiger partial charge in [0.05, 0.1) is 40.3 Å². The van der Waals surface area contributed by atoms with Gasteiger partial charge < -0.3 is 19.4 Å². The third-order valence-corrected chi connectivity index (χ3v) is 10.3. The van der Waals surface area contributed by atoms with Crippen molar-refractivity contribution in [3.63, 3.8) is 0 Å². The fourth-order valence-electron chi connectivity index (χ4n) is 7.87. The van der Waals surface area contributed by atoms with Crippen molar-refractivity contribution in [1.82, 2.24) is 39.7 Å². The Morgan fingerprint density at radius 2 is 1.30 bits per heavy atom. The lowest BCUT2D eigenvalue weighted by Gasteiger charge is -2.29. The van der Waals surface area contributed by atoms with Crippen LogP contribution in [0, 0.1) is 11.8 Å². The molecule has 0 unspecified atom stereocenters. The monoisotopic (exact) mass is 674 g/mol. The summed E-state index contributed by atoms with van der Waals surface area (Å²) in [6.45, 7) is 11.4. The number of rotatable bonds is 4. The zero-order chi connectivity index (χ0) is 34.7. The van der Waals surface area contributed by atoms with E-state index in [0.717, 1.165) is 70.5 Å². The van der Waals surface area contributed by atoms with Gasteiger partial charge in [-0.05, 0) is 114 Å². The molecule has 2 aliphatic carbocycles. The summed E-state index contributed by atoms with van der Waals surface area (Å²) in [4.78, 5) is 56.2. The van der Waals surface area contributed by atoms with E-state index in [1.807, 2.05) is 81.8 Å². The van der Waals surface area contributed by atoms with Crippen molar-refractivity contribution in [2.45, 2.75) is 103 Å². The first-order valence-electron chi connectivity index (χ1n) is 17.6. The minimum atomic E-state index is -0.554. The number of H-pyrrole nitrogens is 2. The Morgan fingerprint density at radius 3 is 1.94 bits per heavy atom. The second kappa shape index (κ2) is 10.7. The van der Waals surface area contributed by atoms with Crippen LogP contribution >= 0.6 is 0 Å². The molecule has 5 heterocycles. The maximum atomic E-state index is 13.1. The van der Waals surface area contributed by atoms with Crippen LogP contribution in [0.15, 0.2) is 48.8 Å². The molecule has 5 aromatic rings. The maximum absolute atomic E-state index is 13.1. The molecule has 4 aliphatic rings. The molecule has 0 spiro atoms. The second-order valence-corrected chi connectivity index (χ2v) is 16.4. The van der Waals surface area contributed by atoms with Gasteiger partial charge in [-0.3, -0.25) is 14.8 Å². The second-order valence-electron chi connectivity index (χ2n) is 16.4. The highest BCUT2D eigenvalue weighted by Crippen LogP contribution is 2.54. The van der Waals surface area contributed by atoms with Crippen LogP contribution in [0.2, 0.25) is 0 Å². The van der Waals surface area contributed by atoms with Gasteiger partial charge in [0.2, 0.25) is 0 Å². The SMILES string of the molecule is CC(C)(C)OC(=O)N1[C@@H]2C[C@@H]2C[C@H]1c1nc(-c2cnc3cc(-c4ccc5nc([C@@H]6C[C@H]7C[C@H]7N6C(=O)OC(C)(C)C)[nH]c5c4)ccc3n2)c[nH]1. The number of piperidine rings is 2. The fourth-order valence-corrected chi connectivity index (χ4v) is 7.87. The zero-order valence-corrected chi connectivity index (χ0v) is 29.2. The molecule has 50 heavy (non-hydrogen) atoms. The summed E-state index contributed by atoms with van der Waals surface area (Å²) in [5.41, 5.74) is 5.61. The number of fused-ring (bicyclic) bond motifs is 4. The number of nitrogens with zero attached hydrogens (tertiary/aromatic N) is 6. The molecule has 0 bridgehead atoms. The number of hydrogen-bond donors (Lipinski definition) is 2. The van der Waals surface area contributed by atoms with E-state index in [1.54, 1.807) is 6.20 Å². The van der Waals surface area contributed by atoms with Crippen molar-refractivity contribution < 1.29 is 19.1 Å². The van der Waals surface area contributed by atoms with Gasteiger partial charge in [0.25, 0.3) is 0 Å². The van der Waals surface area contributed by atoms with E-state index in [-0.39, 0.29) is 36.4 Å². The molecule has 0 radical (unpaired) electrons. The molecule has 2 amide bonds. The van der Waals surface area contributed by atoms with E-state index < -0.39 is 11.2 Å². The van der Waals surface area contributed by atoms with E-state index in [2.05, 4.69) is 22.1 Å². The van der Waals surface area contributed by atoms with Gasteiger partial charge in [-0.1, -0.05) is 12.1 Å². The Balaban J connectivity index is 0.937.